The van der Waals surface area contributed by atoms with Crippen LogP contribution in [0.2, 0.25) is 0 Å². The van der Waals surface area contributed by atoms with Gasteiger partial charge in [0.1, 0.15) is 5.82 Å². The molecule has 0 aliphatic carbocycles. The summed E-state index contributed by atoms with van der Waals surface area (Å²) in [6.45, 7) is 5.01. The van der Waals surface area contributed by atoms with E-state index in [2.05, 4.69) is 21.6 Å². The number of piperazine rings is 1. The molecule has 1 fully saturated rings. The van der Waals surface area contributed by atoms with Gasteiger partial charge >= 0.3 is 0 Å². The molecule has 0 unspecified atom stereocenters. The van der Waals surface area contributed by atoms with Crippen LogP contribution in [0.5, 0.6) is 0 Å². The Labute approximate surface area is 136 Å². The number of nitrogens with two attached hydrogens (primary N) is 1. The van der Waals surface area contributed by atoms with Crippen molar-refractivity contribution >= 4 is 11.4 Å². The van der Waals surface area contributed by atoms with Crippen LogP contribution < -0.4 is 21.3 Å². The summed E-state index contributed by atoms with van der Waals surface area (Å²) in [6, 6.07) is 12.9. The highest BCUT2D eigenvalue weighted by atomic mass is 19.1. The van der Waals surface area contributed by atoms with E-state index in [4.69, 9.17) is 5.73 Å². The summed E-state index contributed by atoms with van der Waals surface area (Å²) in [4.78, 5) is 2.37. The van der Waals surface area contributed by atoms with Crippen LogP contribution in [0.15, 0.2) is 42.5 Å². The quantitative estimate of drug-likeness (QED) is 0.793. The van der Waals surface area contributed by atoms with Crippen LogP contribution in [0.1, 0.15) is 11.1 Å². The average Bonchev–Trinajstić information content (AvgIpc) is 2.60. The monoisotopic (exact) mass is 314 g/mol. The molecule has 0 amide bonds. The second-order valence-electron chi connectivity index (χ2n) is 5.73. The van der Waals surface area contributed by atoms with Gasteiger partial charge < -0.3 is 21.3 Å². The van der Waals surface area contributed by atoms with Crippen LogP contribution in [0, 0.1) is 5.82 Å². The molecule has 4 nitrogen and oxygen atoms in total. The molecule has 0 saturated carbocycles. The minimum absolute atomic E-state index is 0.210. The molecule has 0 aromatic heterocycles. The molecule has 1 aliphatic heterocycles. The molecule has 5 heteroatoms. The number of benzene rings is 2. The molecule has 2 aromatic rings. The number of anilines is 2. The summed E-state index contributed by atoms with van der Waals surface area (Å²) in [5.74, 6) is -0.210. The summed E-state index contributed by atoms with van der Waals surface area (Å²) in [7, 11) is 0. The van der Waals surface area contributed by atoms with Gasteiger partial charge in [0, 0.05) is 56.2 Å². The molecule has 122 valence electrons. The number of hydrogen-bond donors (Lipinski definition) is 3. The van der Waals surface area contributed by atoms with Gasteiger partial charge in [0.25, 0.3) is 0 Å². The van der Waals surface area contributed by atoms with E-state index in [1.54, 1.807) is 12.1 Å². The Hall–Kier alpha value is -2.11. The van der Waals surface area contributed by atoms with Crippen molar-refractivity contribution in [2.75, 3.05) is 36.4 Å². The highest BCUT2D eigenvalue weighted by molar-refractivity contribution is 5.67. The average molecular weight is 314 g/mol. The first-order chi connectivity index (χ1) is 11.3. The maximum Gasteiger partial charge on any atom is 0.123 e. The number of hydrogen-bond acceptors (Lipinski definition) is 4. The van der Waals surface area contributed by atoms with Gasteiger partial charge in [-0.3, -0.25) is 0 Å². The van der Waals surface area contributed by atoms with E-state index in [-0.39, 0.29) is 5.82 Å². The zero-order valence-electron chi connectivity index (χ0n) is 13.2. The van der Waals surface area contributed by atoms with Crippen molar-refractivity contribution in [3.8, 4) is 0 Å². The van der Waals surface area contributed by atoms with Crippen molar-refractivity contribution in [1.29, 1.82) is 0 Å². The SMILES string of the molecule is NCc1c(NCc2cccc(F)c2)cccc1N1CCNCC1. The molecule has 23 heavy (non-hydrogen) atoms. The number of rotatable bonds is 5. The Balaban J connectivity index is 1.78. The van der Waals surface area contributed by atoms with E-state index in [0.29, 0.717) is 13.1 Å². The Morgan fingerprint density at radius 1 is 1.13 bits per heavy atom. The van der Waals surface area contributed by atoms with Crippen LogP contribution in [0.3, 0.4) is 0 Å². The highest BCUT2D eigenvalue weighted by Crippen LogP contribution is 2.28. The third-order valence-electron chi connectivity index (χ3n) is 4.19. The van der Waals surface area contributed by atoms with E-state index in [9.17, 15) is 4.39 Å². The molecule has 1 saturated heterocycles. The Kier molecular flexibility index (Phi) is 5.10. The van der Waals surface area contributed by atoms with Gasteiger partial charge in [0.15, 0.2) is 0 Å². The highest BCUT2D eigenvalue weighted by Gasteiger charge is 2.15. The van der Waals surface area contributed by atoms with E-state index in [0.717, 1.165) is 43.0 Å². The topological polar surface area (TPSA) is 53.3 Å². The predicted molar refractivity (Wildman–Crippen MR) is 93.1 cm³/mol. The molecule has 0 bridgehead atoms. The zero-order chi connectivity index (χ0) is 16.1. The minimum Gasteiger partial charge on any atom is -0.381 e. The van der Waals surface area contributed by atoms with Gasteiger partial charge in [-0.05, 0) is 29.8 Å². The fraction of sp³-hybridized carbons (Fsp3) is 0.333. The van der Waals surface area contributed by atoms with Gasteiger partial charge in [0.05, 0.1) is 0 Å². The molecule has 2 aromatic carbocycles. The van der Waals surface area contributed by atoms with Crippen LogP contribution >= 0.6 is 0 Å². The summed E-state index contributed by atoms with van der Waals surface area (Å²) in [5, 5.41) is 6.76. The molecule has 3 rings (SSSR count). The summed E-state index contributed by atoms with van der Waals surface area (Å²) in [6.07, 6.45) is 0. The number of halogens is 1. The molecule has 1 heterocycles. The van der Waals surface area contributed by atoms with Crippen molar-refractivity contribution in [2.45, 2.75) is 13.1 Å². The van der Waals surface area contributed by atoms with Crippen LogP contribution in [0.25, 0.3) is 0 Å². The Morgan fingerprint density at radius 3 is 2.65 bits per heavy atom. The van der Waals surface area contributed by atoms with Crippen LogP contribution in [-0.2, 0) is 13.1 Å². The zero-order valence-corrected chi connectivity index (χ0v) is 13.2. The van der Waals surface area contributed by atoms with Crippen molar-refractivity contribution in [3.63, 3.8) is 0 Å². The summed E-state index contributed by atoms with van der Waals surface area (Å²) < 4.78 is 13.3. The fourth-order valence-corrected chi connectivity index (χ4v) is 3.00. The first-order valence-corrected chi connectivity index (χ1v) is 8.04. The molecule has 0 spiro atoms. The largest absolute Gasteiger partial charge is 0.381 e. The van der Waals surface area contributed by atoms with Gasteiger partial charge in [-0.15, -0.1) is 0 Å². The van der Waals surface area contributed by atoms with Crippen molar-refractivity contribution in [2.24, 2.45) is 5.73 Å². The second kappa shape index (κ2) is 7.44. The maximum atomic E-state index is 13.3. The molecule has 0 atom stereocenters. The third kappa shape index (κ3) is 3.81. The van der Waals surface area contributed by atoms with E-state index >= 15 is 0 Å². The van der Waals surface area contributed by atoms with Crippen molar-refractivity contribution < 1.29 is 4.39 Å². The Morgan fingerprint density at radius 2 is 1.91 bits per heavy atom. The smallest absolute Gasteiger partial charge is 0.123 e. The molecule has 1 aliphatic rings. The first-order valence-electron chi connectivity index (χ1n) is 8.04. The normalized spacial score (nSPS) is 14.8. The third-order valence-corrected chi connectivity index (χ3v) is 4.19. The molecule has 4 N–H and O–H groups in total. The number of nitrogens with one attached hydrogen (secondary N) is 2. The first kappa shape index (κ1) is 15.8. The van der Waals surface area contributed by atoms with Crippen molar-refractivity contribution in [1.82, 2.24) is 5.32 Å². The van der Waals surface area contributed by atoms with Crippen molar-refractivity contribution in [3.05, 3.63) is 59.4 Å². The lowest BCUT2D eigenvalue weighted by atomic mass is 10.1. The predicted octanol–water partition coefficient (Wildman–Crippen LogP) is 2.31. The standard InChI is InChI=1S/C18H23FN4/c19-15-4-1-3-14(11-15)13-22-17-5-2-6-18(16(17)12-20)23-9-7-21-8-10-23/h1-6,11,21-22H,7-10,12-13,20H2. The van der Waals surface area contributed by atoms with E-state index in [1.807, 2.05) is 18.2 Å². The van der Waals surface area contributed by atoms with Gasteiger partial charge in [-0.1, -0.05) is 18.2 Å². The second-order valence-corrected chi connectivity index (χ2v) is 5.73. The lowest BCUT2D eigenvalue weighted by molar-refractivity contribution is 0.588. The van der Waals surface area contributed by atoms with Crippen LogP contribution in [-0.4, -0.2) is 26.2 Å². The van der Waals surface area contributed by atoms with Crippen LogP contribution in [0.4, 0.5) is 15.8 Å². The van der Waals surface area contributed by atoms with Gasteiger partial charge in [-0.25, -0.2) is 4.39 Å². The number of nitrogens with zero attached hydrogens (tertiary/aromatic N) is 1. The summed E-state index contributed by atoms with van der Waals surface area (Å²) >= 11 is 0. The van der Waals surface area contributed by atoms with Gasteiger partial charge in [-0.2, -0.15) is 0 Å². The molecular weight excluding hydrogens is 291 g/mol. The lowest BCUT2D eigenvalue weighted by Gasteiger charge is -2.31. The summed E-state index contributed by atoms with van der Waals surface area (Å²) in [5.41, 5.74) is 10.3. The minimum atomic E-state index is -0.210. The Bertz CT molecular complexity index is 653. The lowest BCUT2D eigenvalue weighted by Crippen LogP contribution is -2.44. The molecular formula is C18H23FN4. The molecule has 0 radical (unpaired) electrons. The fourth-order valence-electron chi connectivity index (χ4n) is 3.00. The maximum absolute atomic E-state index is 13.3. The van der Waals surface area contributed by atoms with E-state index < -0.39 is 0 Å². The van der Waals surface area contributed by atoms with E-state index in [1.165, 1.54) is 11.8 Å². The van der Waals surface area contributed by atoms with Gasteiger partial charge in [0.2, 0.25) is 0 Å².